The predicted molar refractivity (Wildman–Crippen MR) is 160 cm³/mol. The molecule has 8 heteroatoms. The Bertz CT molecular complexity index is 1490. The van der Waals surface area contributed by atoms with E-state index in [0.29, 0.717) is 12.1 Å². The Labute approximate surface area is 235 Å². The van der Waals surface area contributed by atoms with Crippen molar-refractivity contribution >= 4 is 28.6 Å². The predicted octanol–water partition coefficient (Wildman–Crippen LogP) is 5.01. The van der Waals surface area contributed by atoms with Gasteiger partial charge in [0.15, 0.2) is 0 Å². The average molecular weight is 536 g/mol. The fourth-order valence-electron chi connectivity index (χ4n) is 6.97. The summed E-state index contributed by atoms with van der Waals surface area (Å²) in [7, 11) is 1.95. The van der Waals surface area contributed by atoms with Crippen LogP contribution in [-0.4, -0.2) is 70.3 Å². The first-order valence-electron chi connectivity index (χ1n) is 14.6. The van der Waals surface area contributed by atoms with Crippen LogP contribution in [0.1, 0.15) is 48.1 Å². The van der Waals surface area contributed by atoms with Gasteiger partial charge in [-0.2, -0.15) is 0 Å². The molecule has 0 bridgehead atoms. The number of pyridine rings is 1. The molecule has 3 N–H and O–H groups in total. The van der Waals surface area contributed by atoms with Crippen molar-refractivity contribution in [2.75, 3.05) is 44.0 Å². The Balaban J connectivity index is 1.20. The van der Waals surface area contributed by atoms with Crippen molar-refractivity contribution in [2.45, 2.75) is 49.6 Å². The third-order valence-electron chi connectivity index (χ3n) is 9.20. The van der Waals surface area contributed by atoms with E-state index < -0.39 is 0 Å². The molecular formula is C32H37N7O. The van der Waals surface area contributed by atoms with E-state index in [-0.39, 0.29) is 5.41 Å². The van der Waals surface area contributed by atoms with Crippen LogP contribution in [0.5, 0.6) is 0 Å². The van der Waals surface area contributed by atoms with Gasteiger partial charge in [-0.25, -0.2) is 9.97 Å². The quantitative estimate of drug-likeness (QED) is 0.320. The number of allylic oxidation sites excluding steroid dienone is 1. The molecule has 3 aliphatic rings. The summed E-state index contributed by atoms with van der Waals surface area (Å²) in [5.41, 5.74) is 6.53. The second-order valence-electron chi connectivity index (χ2n) is 11.3. The van der Waals surface area contributed by atoms with Gasteiger partial charge in [-0.05, 0) is 79.1 Å². The van der Waals surface area contributed by atoms with E-state index in [1.807, 2.05) is 19.4 Å². The number of H-pyrrole nitrogens is 1. The van der Waals surface area contributed by atoms with Gasteiger partial charge in [0.05, 0.1) is 18.6 Å². The molecule has 4 aromatic rings. The highest BCUT2D eigenvalue weighted by molar-refractivity contribution is 5.94. The lowest BCUT2D eigenvalue weighted by atomic mass is 9.68. The summed E-state index contributed by atoms with van der Waals surface area (Å²) in [5, 5.41) is 8.21. The van der Waals surface area contributed by atoms with Gasteiger partial charge in [-0.1, -0.05) is 18.2 Å². The Kier molecular flexibility index (Phi) is 6.73. The molecule has 2 fully saturated rings. The fraction of sp³-hybridized carbons (Fsp3) is 0.406. The van der Waals surface area contributed by atoms with Crippen molar-refractivity contribution in [3.63, 3.8) is 0 Å². The van der Waals surface area contributed by atoms with Crippen LogP contribution in [0.15, 0.2) is 61.2 Å². The Hall–Kier alpha value is -3.75. The van der Waals surface area contributed by atoms with Crippen LogP contribution >= 0.6 is 0 Å². The third-order valence-corrected chi connectivity index (χ3v) is 9.20. The largest absolute Gasteiger partial charge is 0.388 e. The van der Waals surface area contributed by atoms with Gasteiger partial charge in [0, 0.05) is 61.4 Å². The second kappa shape index (κ2) is 10.7. The van der Waals surface area contributed by atoms with Crippen LogP contribution in [-0.2, 0) is 16.6 Å². The van der Waals surface area contributed by atoms with Crippen molar-refractivity contribution in [3.8, 4) is 0 Å². The van der Waals surface area contributed by atoms with Gasteiger partial charge in [0.2, 0.25) is 0 Å². The lowest BCUT2D eigenvalue weighted by Crippen LogP contribution is -2.46. The lowest BCUT2D eigenvalue weighted by molar-refractivity contribution is 0.00791. The summed E-state index contributed by atoms with van der Waals surface area (Å²) in [6.45, 7) is 3.86. The molecular weight excluding hydrogens is 498 g/mol. The van der Waals surface area contributed by atoms with Crippen molar-refractivity contribution in [1.82, 2.24) is 24.8 Å². The number of anilines is 2. The van der Waals surface area contributed by atoms with Gasteiger partial charge < -0.3 is 20.4 Å². The number of rotatable bonds is 6. The molecule has 1 saturated carbocycles. The number of ether oxygens (including phenoxy) is 1. The molecule has 7 rings (SSSR count). The van der Waals surface area contributed by atoms with Gasteiger partial charge in [-0.3, -0.25) is 9.88 Å². The molecule has 0 radical (unpaired) electrons. The van der Waals surface area contributed by atoms with E-state index in [1.54, 1.807) is 6.33 Å². The highest BCUT2D eigenvalue weighted by atomic mass is 16.5. The molecule has 1 unspecified atom stereocenters. The van der Waals surface area contributed by atoms with E-state index in [2.05, 4.69) is 79.0 Å². The number of hydrogen-bond acceptors (Lipinski definition) is 7. The first-order chi connectivity index (χ1) is 19.7. The van der Waals surface area contributed by atoms with Gasteiger partial charge in [0.1, 0.15) is 17.8 Å². The molecule has 4 heterocycles. The van der Waals surface area contributed by atoms with Crippen LogP contribution in [0.2, 0.25) is 0 Å². The smallest absolute Gasteiger partial charge is 0.143 e. The van der Waals surface area contributed by atoms with Crippen LogP contribution in [0.25, 0.3) is 17.1 Å². The Morgan fingerprint density at radius 1 is 0.950 bits per heavy atom. The van der Waals surface area contributed by atoms with Crippen molar-refractivity contribution in [2.24, 2.45) is 0 Å². The number of aromatic amines is 1. The molecule has 1 aromatic carbocycles. The average Bonchev–Trinajstić information content (AvgIpc) is 3.41. The SMILES string of the molecule is CNc1ccc(C2(c3ccncc3)C=Cc3[nH]c4ncnc(NC5CCC(N6CCOCC6)CC5)c4c3C2)cc1. The summed E-state index contributed by atoms with van der Waals surface area (Å²) >= 11 is 0. The summed E-state index contributed by atoms with van der Waals surface area (Å²) < 4.78 is 5.57. The molecule has 3 aromatic heterocycles. The van der Waals surface area contributed by atoms with E-state index in [4.69, 9.17) is 9.72 Å². The van der Waals surface area contributed by atoms with Crippen molar-refractivity contribution in [1.29, 1.82) is 0 Å². The number of morpholine rings is 1. The van der Waals surface area contributed by atoms with Gasteiger partial charge in [-0.15, -0.1) is 0 Å². The fourth-order valence-corrected chi connectivity index (χ4v) is 6.97. The normalized spacial score (nSPS) is 25.0. The lowest BCUT2D eigenvalue weighted by Gasteiger charge is -2.39. The van der Waals surface area contributed by atoms with Crippen LogP contribution < -0.4 is 10.6 Å². The number of benzene rings is 1. The minimum absolute atomic E-state index is 0.319. The molecule has 40 heavy (non-hydrogen) atoms. The topological polar surface area (TPSA) is 91.0 Å². The first-order valence-corrected chi connectivity index (χ1v) is 14.6. The van der Waals surface area contributed by atoms with Crippen molar-refractivity contribution < 1.29 is 4.74 Å². The number of aromatic nitrogens is 4. The molecule has 2 aliphatic carbocycles. The molecule has 0 amide bonds. The summed E-state index contributed by atoms with van der Waals surface area (Å²) in [5.74, 6) is 0.946. The Morgan fingerprint density at radius 2 is 1.70 bits per heavy atom. The molecule has 1 aliphatic heterocycles. The molecule has 1 saturated heterocycles. The van der Waals surface area contributed by atoms with Crippen LogP contribution in [0.4, 0.5) is 11.5 Å². The van der Waals surface area contributed by atoms with Crippen molar-refractivity contribution in [3.05, 3.63) is 83.6 Å². The summed E-state index contributed by atoms with van der Waals surface area (Å²) in [4.78, 5) is 20.0. The minimum Gasteiger partial charge on any atom is -0.388 e. The highest BCUT2D eigenvalue weighted by Crippen LogP contribution is 2.44. The standard InChI is InChI=1S/C32H37N7O/c1-33-24-4-2-22(3-5-24)32(23-11-14-34-15-12-23)13-10-28-27(20-32)29-30(35-21-36-31(29)38-28)37-25-6-8-26(9-7-25)39-16-18-40-19-17-39/h2-5,10-15,21,25-26,33H,6-9,16-20H2,1H3,(H2,35,36,37,38). The van der Waals surface area contributed by atoms with Gasteiger partial charge >= 0.3 is 0 Å². The highest BCUT2D eigenvalue weighted by Gasteiger charge is 2.37. The van der Waals surface area contributed by atoms with Crippen LogP contribution in [0.3, 0.4) is 0 Å². The second-order valence-corrected chi connectivity index (χ2v) is 11.3. The molecule has 1 atom stereocenters. The molecule has 206 valence electrons. The zero-order chi connectivity index (χ0) is 26.9. The maximum absolute atomic E-state index is 5.57. The minimum atomic E-state index is -0.319. The third kappa shape index (κ3) is 4.55. The van der Waals surface area contributed by atoms with E-state index in [0.717, 1.165) is 73.8 Å². The zero-order valence-corrected chi connectivity index (χ0v) is 23.1. The molecule has 0 spiro atoms. The monoisotopic (exact) mass is 535 g/mol. The number of fused-ring (bicyclic) bond motifs is 3. The number of hydrogen-bond donors (Lipinski definition) is 3. The Morgan fingerprint density at radius 3 is 2.45 bits per heavy atom. The molecule has 8 nitrogen and oxygen atoms in total. The van der Waals surface area contributed by atoms with E-state index >= 15 is 0 Å². The zero-order valence-electron chi connectivity index (χ0n) is 23.1. The van der Waals surface area contributed by atoms with E-state index in [1.165, 1.54) is 29.5 Å². The van der Waals surface area contributed by atoms with E-state index in [9.17, 15) is 0 Å². The first kappa shape index (κ1) is 25.2. The summed E-state index contributed by atoms with van der Waals surface area (Å²) in [6, 6.07) is 14.1. The maximum atomic E-state index is 5.57. The van der Waals surface area contributed by atoms with Crippen LogP contribution in [0, 0.1) is 0 Å². The maximum Gasteiger partial charge on any atom is 0.143 e. The van der Waals surface area contributed by atoms with Gasteiger partial charge in [0.25, 0.3) is 0 Å². The number of nitrogens with zero attached hydrogens (tertiary/aromatic N) is 4. The summed E-state index contributed by atoms with van der Waals surface area (Å²) in [6.07, 6.45) is 15.6. The number of nitrogens with one attached hydrogen (secondary N) is 3.